The van der Waals surface area contributed by atoms with Gasteiger partial charge in [-0.3, -0.25) is 9.59 Å². The number of halogens is 1. The summed E-state index contributed by atoms with van der Waals surface area (Å²) in [5, 5.41) is 4.08. The zero-order chi connectivity index (χ0) is 20.1. The first kappa shape index (κ1) is 19.8. The number of Topliss-reactive ketones (excluding diaryl/α,β-unsaturated/α-hetero) is 1. The van der Waals surface area contributed by atoms with E-state index in [2.05, 4.69) is 5.32 Å². The average molecular weight is 414 g/mol. The van der Waals surface area contributed by atoms with Gasteiger partial charge in [-0.2, -0.15) is 0 Å². The van der Waals surface area contributed by atoms with E-state index in [0.29, 0.717) is 16.3 Å². The Morgan fingerprint density at radius 2 is 1.93 bits per heavy atom. The van der Waals surface area contributed by atoms with Crippen LogP contribution in [0.25, 0.3) is 16.2 Å². The van der Waals surface area contributed by atoms with Gasteiger partial charge in [-0.25, -0.2) is 4.79 Å². The molecule has 0 aliphatic carbocycles. The third-order valence-electron chi connectivity index (χ3n) is 3.83. The van der Waals surface area contributed by atoms with E-state index in [-0.39, 0.29) is 5.78 Å². The van der Waals surface area contributed by atoms with Crippen LogP contribution in [0.1, 0.15) is 22.2 Å². The normalized spacial score (nSPS) is 10.9. The van der Waals surface area contributed by atoms with Gasteiger partial charge >= 0.3 is 5.97 Å². The number of hydrogen-bond donors (Lipinski definition) is 1. The Hall–Kier alpha value is -2.96. The van der Waals surface area contributed by atoms with Gasteiger partial charge in [0, 0.05) is 32.3 Å². The summed E-state index contributed by atoms with van der Waals surface area (Å²) in [6, 6.07) is 14.2. The highest BCUT2D eigenvalue weighted by Gasteiger charge is 2.10. The highest BCUT2D eigenvalue weighted by Crippen LogP contribution is 2.35. The van der Waals surface area contributed by atoms with Crippen molar-refractivity contribution in [2.45, 2.75) is 6.92 Å². The van der Waals surface area contributed by atoms with Crippen molar-refractivity contribution >= 4 is 62.4 Å². The standard InChI is InChI=1S/C21H16ClNO4S/c1-13(24)14-5-4-6-15(11-14)23-19(25)12-27-20(26)10-9-18-21(22)16-7-2-3-8-17(16)28-18/h2-11H,12H2,1H3,(H,23,25)/b10-9+. The molecule has 0 fully saturated rings. The molecule has 1 N–H and O–H groups in total. The minimum atomic E-state index is -0.652. The molecule has 7 heteroatoms. The van der Waals surface area contributed by atoms with Gasteiger partial charge in [0.1, 0.15) is 0 Å². The topological polar surface area (TPSA) is 72.5 Å². The van der Waals surface area contributed by atoms with Gasteiger partial charge in [0.25, 0.3) is 5.91 Å². The number of hydrogen-bond acceptors (Lipinski definition) is 5. The summed E-state index contributed by atoms with van der Waals surface area (Å²) in [5.74, 6) is -1.25. The van der Waals surface area contributed by atoms with Crippen molar-refractivity contribution < 1.29 is 19.1 Å². The van der Waals surface area contributed by atoms with Gasteiger partial charge in [-0.15, -0.1) is 11.3 Å². The van der Waals surface area contributed by atoms with E-state index in [9.17, 15) is 14.4 Å². The maximum atomic E-state index is 11.9. The molecule has 1 heterocycles. The number of fused-ring (bicyclic) bond motifs is 1. The lowest BCUT2D eigenvalue weighted by Gasteiger charge is -2.06. The Labute approximate surface area is 170 Å². The summed E-state index contributed by atoms with van der Waals surface area (Å²) in [6.45, 7) is 1.01. The van der Waals surface area contributed by atoms with E-state index >= 15 is 0 Å². The maximum Gasteiger partial charge on any atom is 0.331 e. The number of ketones is 1. The highest BCUT2D eigenvalue weighted by molar-refractivity contribution is 7.20. The SMILES string of the molecule is CC(=O)c1cccc(NC(=O)COC(=O)/C=C/c2sc3ccccc3c2Cl)c1. The largest absolute Gasteiger partial charge is 0.452 e. The predicted molar refractivity (Wildman–Crippen MR) is 112 cm³/mol. The molecular formula is C21H16ClNO4S. The number of carbonyl (C=O) groups is 3. The molecule has 0 saturated carbocycles. The van der Waals surface area contributed by atoms with Crippen LogP contribution in [-0.2, 0) is 14.3 Å². The van der Waals surface area contributed by atoms with Crippen molar-refractivity contribution in [2.75, 3.05) is 11.9 Å². The Bertz CT molecular complexity index is 1090. The van der Waals surface area contributed by atoms with Gasteiger partial charge in [-0.05, 0) is 31.2 Å². The Morgan fingerprint density at radius 3 is 2.68 bits per heavy atom. The van der Waals surface area contributed by atoms with Gasteiger partial charge in [0.15, 0.2) is 12.4 Å². The monoisotopic (exact) mass is 413 g/mol. The summed E-state index contributed by atoms with van der Waals surface area (Å²) in [4.78, 5) is 35.9. The molecular weight excluding hydrogens is 398 g/mol. The molecule has 0 aliphatic heterocycles. The number of rotatable bonds is 6. The first-order valence-electron chi connectivity index (χ1n) is 8.37. The number of ether oxygens (including phenoxy) is 1. The van der Waals surface area contributed by atoms with Crippen molar-refractivity contribution in [3.8, 4) is 0 Å². The molecule has 1 aromatic heterocycles. The minimum Gasteiger partial charge on any atom is -0.452 e. The van der Waals surface area contributed by atoms with Crippen molar-refractivity contribution in [2.24, 2.45) is 0 Å². The summed E-state index contributed by atoms with van der Waals surface area (Å²) >= 11 is 7.77. The zero-order valence-corrected chi connectivity index (χ0v) is 16.5. The van der Waals surface area contributed by atoms with Crippen LogP contribution in [0.5, 0.6) is 0 Å². The third kappa shape index (κ3) is 4.85. The smallest absolute Gasteiger partial charge is 0.331 e. The molecule has 0 saturated heterocycles. The number of thiophene rings is 1. The average Bonchev–Trinajstić information content (AvgIpc) is 3.01. The Morgan fingerprint density at radius 1 is 1.14 bits per heavy atom. The number of anilines is 1. The van der Waals surface area contributed by atoms with Crippen molar-refractivity contribution in [1.29, 1.82) is 0 Å². The lowest BCUT2D eigenvalue weighted by atomic mass is 10.1. The second-order valence-electron chi connectivity index (χ2n) is 5.90. The molecule has 0 atom stereocenters. The van der Waals surface area contributed by atoms with Crippen LogP contribution in [0.4, 0.5) is 5.69 Å². The summed E-state index contributed by atoms with van der Waals surface area (Å²) < 4.78 is 5.97. The van der Waals surface area contributed by atoms with Crippen LogP contribution >= 0.6 is 22.9 Å². The van der Waals surface area contributed by atoms with Crippen molar-refractivity contribution in [3.05, 3.63) is 70.1 Å². The van der Waals surface area contributed by atoms with Gasteiger partial charge in [-0.1, -0.05) is 41.9 Å². The molecule has 142 valence electrons. The summed E-state index contributed by atoms with van der Waals surface area (Å²) in [5.41, 5.74) is 0.944. The first-order chi connectivity index (χ1) is 13.4. The van der Waals surface area contributed by atoms with E-state index in [4.69, 9.17) is 16.3 Å². The number of amides is 1. The number of nitrogens with one attached hydrogen (secondary N) is 1. The van der Waals surface area contributed by atoms with E-state index in [0.717, 1.165) is 15.0 Å². The van der Waals surface area contributed by atoms with Crippen LogP contribution in [0, 0.1) is 0 Å². The fourth-order valence-electron chi connectivity index (χ4n) is 2.48. The third-order valence-corrected chi connectivity index (χ3v) is 5.48. The van der Waals surface area contributed by atoms with Crippen LogP contribution in [-0.4, -0.2) is 24.3 Å². The minimum absolute atomic E-state index is 0.104. The lowest BCUT2D eigenvalue weighted by Crippen LogP contribution is -2.20. The predicted octanol–water partition coefficient (Wildman–Crippen LogP) is 4.95. The molecule has 1 amide bonds. The fraction of sp³-hybridized carbons (Fsp3) is 0.0952. The van der Waals surface area contributed by atoms with Crippen LogP contribution in [0.3, 0.4) is 0 Å². The molecule has 0 radical (unpaired) electrons. The van der Waals surface area contributed by atoms with Crippen LogP contribution in [0.15, 0.2) is 54.6 Å². The number of esters is 1. The lowest BCUT2D eigenvalue weighted by molar-refractivity contribution is -0.142. The van der Waals surface area contributed by atoms with E-state index in [1.807, 2.05) is 24.3 Å². The van der Waals surface area contributed by atoms with Crippen molar-refractivity contribution in [1.82, 2.24) is 0 Å². The number of benzene rings is 2. The molecule has 3 rings (SSSR count). The second-order valence-corrected chi connectivity index (χ2v) is 7.36. The van der Waals surface area contributed by atoms with Gasteiger partial charge < -0.3 is 10.1 Å². The van der Waals surface area contributed by atoms with Crippen LogP contribution < -0.4 is 5.32 Å². The Kier molecular flexibility index (Phi) is 6.23. The van der Waals surface area contributed by atoms with Gasteiger partial charge in [0.2, 0.25) is 0 Å². The Balaban J connectivity index is 1.55. The van der Waals surface area contributed by atoms with Crippen molar-refractivity contribution in [3.63, 3.8) is 0 Å². The summed E-state index contributed by atoms with van der Waals surface area (Å²) in [6.07, 6.45) is 2.81. The fourth-order valence-corrected chi connectivity index (χ4v) is 3.88. The van der Waals surface area contributed by atoms with E-state index < -0.39 is 18.5 Å². The molecule has 0 aliphatic rings. The second kappa shape index (κ2) is 8.82. The highest BCUT2D eigenvalue weighted by atomic mass is 35.5. The van der Waals surface area contributed by atoms with Gasteiger partial charge in [0.05, 0.1) is 5.02 Å². The molecule has 28 heavy (non-hydrogen) atoms. The van der Waals surface area contributed by atoms with Crippen LogP contribution in [0.2, 0.25) is 5.02 Å². The maximum absolute atomic E-state index is 11.9. The first-order valence-corrected chi connectivity index (χ1v) is 9.56. The molecule has 5 nitrogen and oxygen atoms in total. The molecule has 0 bridgehead atoms. The molecule has 2 aromatic carbocycles. The quantitative estimate of drug-likeness (QED) is 0.352. The molecule has 3 aromatic rings. The zero-order valence-electron chi connectivity index (χ0n) is 14.9. The summed E-state index contributed by atoms with van der Waals surface area (Å²) in [7, 11) is 0. The van der Waals surface area contributed by atoms with E-state index in [1.54, 1.807) is 30.3 Å². The van der Waals surface area contributed by atoms with E-state index in [1.165, 1.54) is 24.3 Å². The molecule has 0 unspecified atom stereocenters. The number of carbonyl (C=O) groups excluding carboxylic acids is 3. The molecule has 0 spiro atoms.